The molecule has 21 heavy (non-hydrogen) atoms. The third-order valence-corrected chi connectivity index (χ3v) is 5.27. The van der Waals surface area contributed by atoms with E-state index in [4.69, 9.17) is 0 Å². The third-order valence-electron chi connectivity index (χ3n) is 5.27. The summed E-state index contributed by atoms with van der Waals surface area (Å²) < 4.78 is 0. The smallest absolute Gasteiger partial charge is 0.0161 e. The minimum absolute atomic E-state index is 0. The molecule has 1 nitrogen and oxygen atoms in total. The van der Waals surface area contributed by atoms with Crippen LogP contribution in [0.2, 0.25) is 0 Å². The van der Waals surface area contributed by atoms with Crippen LogP contribution in [0, 0.1) is 6.07 Å². The summed E-state index contributed by atoms with van der Waals surface area (Å²) in [7, 11) is 0. The number of hydrogen-bond donors (Lipinski definition) is 0. The Balaban J connectivity index is 0.00000115. The van der Waals surface area contributed by atoms with Crippen molar-refractivity contribution in [1.82, 2.24) is 4.98 Å². The first-order valence-corrected chi connectivity index (χ1v) is 7.64. The first kappa shape index (κ1) is 13.4. The molecule has 3 aromatic rings. The predicted molar refractivity (Wildman–Crippen MR) is 82.0 cm³/mol. The number of rotatable bonds is 0. The predicted octanol–water partition coefficient (Wildman–Crippen LogP) is 4.94. The molecule has 0 aliphatic heterocycles. The van der Waals surface area contributed by atoms with Gasteiger partial charge in [0.15, 0.2) is 0 Å². The summed E-state index contributed by atoms with van der Waals surface area (Å²) in [6.07, 6.45) is 7.37. The van der Waals surface area contributed by atoms with Crippen molar-refractivity contribution in [2.75, 3.05) is 0 Å². The molecule has 0 spiro atoms. The van der Waals surface area contributed by atoms with Crippen molar-refractivity contribution in [3.8, 4) is 0 Å². The van der Waals surface area contributed by atoms with Gasteiger partial charge in [0.05, 0.1) is 0 Å². The van der Waals surface area contributed by atoms with Crippen molar-refractivity contribution in [1.29, 1.82) is 0 Å². The molecule has 0 saturated heterocycles. The Labute approximate surface area is 138 Å². The molecule has 107 valence electrons. The molecule has 2 aromatic carbocycles. The van der Waals surface area contributed by atoms with Gasteiger partial charge in [-0.1, -0.05) is 31.0 Å². The Hall–Kier alpha value is -1.24. The van der Waals surface area contributed by atoms with Crippen LogP contribution in [-0.4, -0.2) is 4.98 Å². The topological polar surface area (TPSA) is 12.9 Å². The molecule has 1 fully saturated rings. The number of benzene rings is 2. The molecule has 0 amide bonds. The van der Waals surface area contributed by atoms with E-state index < -0.39 is 0 Å². The zero-order valence-corrected chi connectivity index (χ0v) is 14.1. The van der Waals surface area contributed by atoms with E-state index in [2.05, 4.69) is 35.3 Å². The zero-order chi connectivity index (χ0) is 13.1. The first-order chi connectivity index (χ1) is 9.92. The van der Waals surface area contributed by atoms with Crippen molar-refractivity contribution in [3.05, 3.63) is 53.7 Å². The Morgan fingerprint density at radius 3 is 2.95 bits per heavy atom. The Morgan fingerprint density at radius 1 is 1.10 bits per heavy atom. The Morgan fingerprint density at radius 2 is 2.00 bits per heavy atom. The summed E-state index contributed by atoms with van der Waals surface area (Å²) in [4.78, 5) is 4.59. The van der Waals surface area contributed by atoms with Crippen LogP contribution in [0.15, 0.2) is 36.5 Å². The van der Waals surface area contributed by atoms with Gasteiger partial charge in [0, 0.05) is 26.3 Å². The average molecular weight is 451 g/mol. The van der Waals surface area contributed by atoms with Crippen molar-refractivity contribution in [3.63, 3.8) is 0 Å². The van der Waals surface area contributed by atoms with E-state index in [1.165, 1.54) is 41.8 Å². The molecule has 0 N–H and O–H groups in total. The van der Waals surface area contributed by atoms with Gasteiger partial charge in [0.25, 0.3) is 0 Å². The van der Waals surface area contributed by atoms with E-state index in [1.54, 1.807) is 11.1 Å². The van der Waals surface area contributed by atoms with Crippen LogP contribution in [0.3, 0.4) is 0 Å². The van der Waals surface area contributed by atoms with Gasteiger partial charge in [0.2, 0.25) is 0 Å². The number of aromatic nitrogens is 1. The summed E-state index contributed by atoms with van der Waals surface area (Å²) in [6, 6.07) is 14.5. The minimum Gasteiger partial charge on any atom is -0.304 e. The fourth-order valence-corrected chi connectivity index (χ4v) is 4.43. The van der Waals surface area contributed by atoms with E-state index >= 15 is 0 Å². The molecule has 5 rings (SSSR count). The van der Waals surface area contributed by atoms with Gasteiger partial charge in [-0.05, 0) is 41.6 Å². The molecule has 2 aliphatic rings. The minimum atomic E-state index is 0. The maximum absolute atomic E-state index is 4.59. The zero-order valence-electron chi connectivity index (χ0n) is 11.7. The number of fused-ring (bicyclic) bond motifs is 9. The van der Waals surface area contributed by atoms with Crippen molar-refractivity contribution in [2.24, 2.45) is 0 Å². The molecule has 2 aliphatic carbocycles. The van der Waals surface area contributed by atoms with Crippen LogP contribution in [-0.2, 0) is 20.1 Å². The molecule has 1 aromatic heterocycles. The Bertz CT molecular complexity index is 839. The van der Waals surface area contributed by atoms with E-state index in [0.717, 1.165) is 17.4 Å². The normalized spacial score (nSPS) is 23.0. The van der Waals surface area contributed by atoms with Gasteiger partial charge in [-0.2, -0.15) is 0 Å². The van der Waals surface area contributed by atoms with Crippen LogP contribution < -0.4 is 0 Å². The second-order valence-electron chi connectivity index (χ2n) is 6.28. The maximum atomic E-state index is 4.59. The molecule has 2 heteroatoms. The fourth-order valence-electron chi connectivity index (χ4n) is 4.43. The van der Waals surface area contributed by atoms with Gasteiger partial charge in [-0.15, -0.1) is 34.0 Å². The molecule has 1 heterocycles. The van der Waals surface area contributed by atoms with Crippen LogP contribution >= 0.6 is 0 Å². The standard InChI is InChI=1S/C19H16N.Ir/c1-3-13-11-14(4-1)18-15(13)8-9-17-16(18)7-6-12-5-2-10-20-19(12)17;/h2,5-8,10,13-14H,1,3-4,11H2;/q-1;. The van der Waals surface area contributed by atoms with Gasteiger partial charge in [0.1, 0.15) is 0 Å². The van der Waals surface area contributed by atoms with E-state index in [-0.39, 0.29) is 20.1 Å². The molecule has 2 unspecified atom stereocenters. The summed E-state index contributed by atoms with van der Waals surface area (Å²) in [5, 5.41) is 3.84. The summed E-state index contributed by atoms with van der Waals surface area (Å²) in [5.41, 5.74) is 4.30. The SMILES string of the molecule is [Ir].[c-]1cc2c(c3ccc4cccnc4c13)C1CCCC2C1. The monoisotopic (exact) mass is 451 g/mol. The summed E-state index contributed by atoms with van der Waals surface area (Å²) in [6.45, 7) is 0. The molecule has 1 saturated carbocycles. The molecular formula is C19H16IrN-. The van der Waals surface area contributed by atoms with Crippen molar-refractivity contribution in [2.45, 2.75) is 37.5 Å². The van der Waals surface area contributed by atoms with E-state index in [9.17, 15) is 0 Å². The molecule has 2 bridgehead atoms. The fraction of sp³-hybridized carbons (Fsp3) is 0.316. The molecular weight excluding hydrogens is 434 g/mol. The van der Waals surface area contributed by atoms with E-state index in [1.807, 2.05) is 12.3 Å². The van der Waals surface area contributed by atoms with Crippen molar-refractivity contribution < 1.29 is 20.1 Å². The third kappa shape index (κ3) is 1.82. The summed E-state index contributed by atoms with van der Waals surface area (Å²) in [5.74, 6) is 1.57. The Kier molecular flexibility index (Phi) is 3.13. The molecule has 2 atom stereocenters. The van der Waals surface area contributed by atoms with Crippen LogP contribution in [0.5, 0.6) is 0 Å². The van der Waals surface area contributed by atoms with Crippen LogP contribution in [0.25, 0.3) is 21.7 Å². The second-order valence-corrected chi connectivity index (χ2v) is 6.28. The van der Waals surface area contributed by atoms with Gasteiger partial charge in [-0.3, -0.25) is 0 Å². The summed E-state index contributed by atoms with van der Waals surface area (Å²) >= 11 is 0. The van der Waals surface area contributed by atoms with Gasteiger partial charge >= 0.3 is 0 Å². The largest absolute Gasteiger partial charge is 0.304 e. The van der Waals surface area contributed by atoms with Gasteiger partial charge in [-0.25, -0.2) is 0 Å². The van der Waals surface area contributed by atoms with E-state index in [0.29, 0.717) is 0 Å². The van der Waals surface area contributed by atoms with Gasteiger partial charge < -0.3 is 4.98 Å². The van der Waals surface area contributed by atoms with Crippen LogP contribution in [0.1, 0.15) is 48.6 Å². The number of pyridine rings is 1. The van der Waals surface area contributed by atoms with Crippen molar-refractivity contribution >= 4 is 21.7 Å². The number of nitrogens with zero attached hydrogens (tertiary/aromatic N) is 1. The quantitative estimate of drug-likeness (QED) is 0.349. The first-order valence-electron chi connectivity index (χ1n) is 7.64. The number of hydrogen-bond acceptors (Lipinski definition) is 1. The average Bonchev–Trinajstić information content (AvgIpc) is 2.78. The van der Waals surface area contributed by atoms with Crippen LogP contribution in [0.4, 0.5) is 0 Å². The maximum Gasteiger partial charge on any atom is 0.0161 e. The second kappa shape index (κ2) is 4.90. The molecule has 1 radical (unpaired) electrons.